The Labute approximate surface area is 79.6 Å². The molecule has 2 rings (SSSR count). The molecule has 2 aromatic rings. The second-order valence-corrected chi connectivity index (χ2v) is 2.94. The molecule has 0 unspecified atom stereocenters. The van der Waals surface area contributed by atoms with Crippen molar-refractivity contribution in [2.45, 2.75) is 0 Å². The number of aromatic nitrogens is 1. The summed E-state index contributed by atoms with van der Waals surface area (Å²) in [6.07, 6.45) is 0. The minimum absolute atomic E-state index is 0.221. The Kier molecular flexibility index (Phi) is 1.94. The summed E-state index contributed by atoms with van der Waals surface area (Å²) < 4.78 is 4.70. The lowest BCUT2D eigenvalue weighted by Crippen LogP contribution is -1.74. The molecule has 4 heteroatoms. The summed E-state index contributed by atoms with van der Waals surface area (Å²) in [5.74, 6) is 0.221. The van der Waals surface area contributed by atoms with E-state index in [2.05, 4.69) is 5.16 Å². The molecule has 0 aliphatic rings. The fourth-order valence-corrected chi connectivity index (χ4v) is 1.16. The van der Waals surface area contributed by atoms with E-state index in [-0.39, 0.29) is 11.0 Å². The van der Waals surface area contributed by atoms with Crippen molar-refractivity contribution in [2.75, 3.05) is 0 Å². The van der Waals surface area contributed by atoms with Gasteiger partial charge in [0.25, 0.3) is 0 Å². The van der Waals surface area contributed by atoms with E-state index in [1.165, 1.54) is 0 Å². The first-order chi connectivity index (χ1) is 6.25. The van der Waals surface area contributed by atoms with E-state index in [0.717, 1.165) is 5.56 Å². The summed E-state index contributed by atoms with van der Waals surface area (Å²) in [6, 6.07) is 8.26. The Bertz CT molecular complexity index is 408. The van der Waals surface area contributed by atoms with Crippen molar-refractivity contribution in [1.29, 1.82) is 0 Å². The second-order valence-electron chi connectivity index (χ2n) is 2.56. The quantitative estimate of drug-likeness (QED) is 0.761. The van der Waals surface area contributed by atoms with Crippen molar-refractivity contribution < 1.29 is 9.63 Å². The Morgan fingerprint density at radius 2 is 1.92 bits per heavy atom. The number of benzene rings is 1. The number of hydrogen-bond acceptors (Lipinski definition) is 3. The van der Waals surface area contributed by atoms with Crippen LogP contribution in [0.1, 0.15) is 0 Å². The van der Waals surface area contributed by atoms with Gasteiger partial charge >= 0.3 is 0 Å². The highest BCUT2D eigenvalue weighted by Crippen LogP contribution is 2.23. The molecule has 1 heterocycles. The van der Waals surface area contributed by atoms with E-state index in [1.54, 1.807) is 30.3 Å². The van der Waals surface area contributed by atoms with Crippen molar-refractivity contribution in [1.82, 2.24) is 5.16 Å². The predicted molar refractivity (Wildman–Crippen MR) is 48.6 cm³/mol. The fourth-order valence-electron chi connectivity index (χ4n) is 1.02. The molecule has 0 amide bonds. The van der Waals surface area contributed by atoms with E-state index in [1.807, 2.05) is 0 Å². The van der Waals surface area contributed by atoms with Gasteiger partial charge < -0.3 is 9.63 Å². The molecule has 3 nitrogen and oxygen atoms in total. The topological polar surface area (TPSA) is 46.3 Å². The van der Waals surface area contributed by atoms with Crippen LogP contribution >= 0.6 is 11.6 Å². The molecule has 0 spiro atoms. The van der Waals surface area contributed by atoms with Gasteiger partial charge in [0.2, 0.25) is 5.22 Å². The van der Waals surface area contributed by atoms with Crippen molar-refractivity contribution in [3.63, 3.8) is 0 Å². The van der Waals surface area contributed by atoms with Gasteiger partial charge in [-0.05, 0) is 35.9 Å². The van der Waals surface area contributed by atoms with Crippen LogP contribution in [-0.2, 0) is 0 Å². The van der Waals surface area contributed by atoms with Crippen LogP contribution in [0.2, 0.25) is 5.22 Å². The number of nitrogens with zero attached hydrogens (tertiary/aromatic N) is 1. The molecule has 0 atom stereocenters. The molecule has 13 heavy (non-hydrogen) atoms. The van der Waals surface area contributed by atoms with Gasteiger partial charge in [-0.1, -0.05) is 5.16 Å². The number of phenols is 1. The van der Waals surface area contributed by atoms with Crippen molar-refractivity contribution in [2.24, 2.45) is 0 Å². The van der Waals surface area contributed by atoms with E-state index in [0.29, 0.717) is 5.69 Å². The summed E-state index contributed by atoms with van der Waals surface area (Å²) in [7, 11) is 0. The lowest BCUT2D eigenvalue weighted by molar-refractivity contribution is 0.424. The van der Waals surface area contributed by atoms with Gasteiger partial charge in [-0.3, -0.25) is 0 Å². The Hall–Kier alpha value is -1.48. The highest BCUT2D eigenvalue weighted by Gasteiger charge is 2.03. The molecular formula is C9H6ClNO2. The van der Waals surface area contributed by atoms with E-state index in [4.69, 9.17) is 21.2 Å². The lowest BCUT2D eigenvalue weighted by Gasteiger charge is -1.94. The molecule has 0 bridgehead atoms. The maximum atomic E-state index is 9.04. The average Bonchev–Trinajstić information content (AvgIpc) is 2.53. The molecular weight excluding hydrogens is 190 g/mol. The highest BCUT2D eigenvalue weighted by atomic mass is 35.5. The molecule has 1 aromatic heterocycles. The Balaban J connectivity index is 2.41. The maximum Gasteiger partial charge on any atom is 0.226 e. The van der Waals surface area contributed by atoms with Crippen LogP contribution < -0.4 is 0 Å². The third kappa shape index (κ3) is 1.65. The summed E-state index contributed by atoms with van der Waals surface area (Å²) in [4.78, 5) is 0. The third-order valence-corrected chi connectivity index (χ3v) is 1.82. The number of hydrogen-bond donors (Lipinski definition) is 1. The number of rotatable bonds is 1. The first-order valence-electron chi connectivity index (χ1n) is 3.67. The summed E-state index contributed by atoms with van der Waals surface area (Å²) >= 11 is 5.56. The Morgan fingerprint density at radius 1 is 1.23 bits per heavy atom. The summed E-state index contributed by atoms with van der Waals surface area (Å²) in [6.45, 7) is 0. The van der Waals surface area contributed by atoms with Gasteiger partial charge in [0.15, 0.2) is 0 Å². The number of halogens is 1. The van der Waals surface area contributed by atoms with Crippen molar-refractivity contribution in [3.8, 4) is 17.0 Å². The summed E-state index contributed by atoms with van der Waals surface area (Å²) in [5, 5.41) is 13.0. The van der Waals surface area contributed by atoms with Crippen LogP contribution in [0.5, 0.6) is 5.75 Å². The SMILES string of the molecule is Oc1ccc(-c2cc(Cl)on2)cc1. The third-order valence-electron chi connectivity index (χ3n) is 1.64. The number of phenolic OH excluding ortho intramolecular Hbond substituents is 1. The smallest absolute Gasteiger partial charge is 0.226 e. The fraction of sp³-hybridized carbons (Fsp3) is 0. The monoisotopic (exact) mass is 195 g/mol. The predicted octanol–water partition coefficient (Wildman–Crippen LogP) is 2.70. The summed E-state index contributed by atoms with van der Waals surface area (Å²) in [5.41, 5.74) is 1.51. The van der Waals surface area contributed by atoms with Gasteiger partial charge in [-0.25, -0.2) is 0 Å². The molecule has 66 valence electrons. The van der Waals surface area contributed by atoms with Crippen LogP contribution in [-0.4, -0.2) is 10.3 Å². The minimum Gasteiger partial charge on any atom is -0.508 e. The molecule has 0 aliphatic heterocycles. The maximum absolute atomic E-state index is 9.04. The van der Waals surface area contributed by atoms with Crippen LogP contribution in [0.25, 0.3) is 11.3 Å². The molecule has 0 radical (unpaired) electrons. The van der Waals surface area contributed by atoms with Gasteiger partial charge in [-0.15, -0.1) is 0 Å². The minimum atomic E-state index is 0.221. The molecule has 0 fully saturated rings. The van der Waals surface area contributed by atoms with Crippen LogP contribution in [0.15, 0.2) is 34.9 Å². The average molecular weight is 196 g/mol. The van der Waals surface area contributed by atoms with Gasteiger partial charge in [-0.2, -0.15) is 0 Å². The largest absolute Gasteiger partial charge is 0.508 e. The zero-order chi connectivity index (χ0) is 9.26. The standard InChI is InChI=1S/C9H6ClNO2/c10-9-5-8(11-13-9)6-1-3-7(12)4-2-6/h1-5,12H. The normalized spacial score (nSPS) is 10.2. The zero-order valence-electron chi connectivity index (χ0n) is 6.57. The first kappa shape index (κ1) is 8.13. The van der Waals surface area contributed by atoms with Crippen molar-refractivity contribution >= 4 is 11.6 Å². The zero-order valence-corrected chi connectivity index (χ0v) is 7.32. The number of aromatic hydroxyl groups is 1. The Morgan fingerprint density at radius 3 is 2.46 bits per heavy atom. The highest BCUT2D eigenvalue weighted by molar-refractivity contribution is 6.29. The van der Waals surface area contributed by atoms with Gasteiger partial charge in [0.1, 0.15) is 11.4 Å². The molecule has 0 saturated carbocycles. The molecule has 0 aliphatic carbocycles. The van der Waals surface area contributed by atoms with E-state index >= 15 is 0 Å². The van der Waals surface area contributed by atoms with Crippen molar-refractivity contribution in [3.05, 3.63) is 35.6 Å². The van der Waals surface area contributed by atoms with E-state index in [9.17, 15) is 0 Å². The lowest BCUT2D eigenvalue weighted by atomic mass is 10.1. The van der Waals surface area contributed by atoms with Crippen LogP contribution in [0.4, 0.5) is 0 Å². The molecule has 0 saturated heterocycles. The van der Waals surface area contributed by atoms with Crippen LogP contribution in [0, 0.1) is 0 Å². The second kappa shape index (κ2) is 3.11. The first-order valence-corrected chi connectivity index (χ1v) is 4.05. The van der Waals surface area contributed by atoms with Crippen LogP contribution in [0.3, 0.4) is 0 Å². The van der Waals surface area contributed by atoms with Gasteiger partial charge in [0.05, 0.1) is 0 Å². The molecule has 1 N–H and O–H groups in total. The van der Waals surface area contributed by atoms with Gasteiger partial charge in [0, 0.05) is 11.6 Å². The van der Waals surface area contributed by atoms with E-state index < -0.39 is 0 Å². The molecule has 1 aromatic carbocycles.